The van der Waals surface area contributed by atoms with Crippen molar-refractivity contribution in [1.82, 2.24) is 4.90 Å². The molecule has 0 bridgehead atoms. The maximum absolute atomic E-state index is 6.97. The Morgan fingerprint density at radius 3 is 1.55 bits per heavy atom. The van der Waals surface area contributed by atoms with Gasteiger partial charge in [0.2, 0.25) is 0 Å². The summed E-state index contributed by atoms with van der Waals surface area (Å²) in [6.45, 7) is 8.98. The van der Waals surface area contributed by atoms with Crippen LogP contribution in [0.3, 0.4) is 0 Å². The molecule has 5 rings (SSSR count). The summed E-state index contributed by atoms with van der Waals surface area (Å²) in [5.41, 5.74) is 4.62. The normalized spacial score (nSPS) is 20.6. The summed E-state index contributed by atoms with van der Waals surface area (Å²) >= 11 is 0. The van der Waals surface area contributed by atoms with Gasteiger partial charge in [0.1, 0.15) is 12.2 Å². The first-order valence-electron chi connectivity index (χ1n) is 17.6. The van der Waals surface area contributed by atoms with Crippen LogP contribution < -0.4 is 0 Å². The number of nitrogens with zero attached hydrogens (tertiary/aromatic N) is 1. The summed E-state index contributed by atoms with van der Waals surface area (Å²) in [6.07, 6.45) is 4.11. The van der Waals surface area contributed by atoms with Gasteiger partial charge in [-0.2, -0.15) is 0 Å². The molecule has 5 nitrogen and oxygen atoms in total. The Bertz CT molecular complexity index is 1370. The fourth-order valence-corrected chi connectivity index (χ4v) is 6.51. The second-order valence-electron chi connectivity index (χ2n) is 12.8. The van der Waals surface area contributed by atoms with E-state index in [1.165, 1.54) is 24.8 Å². The first-order valence-corrected chi connectivity index (χ1v) is 17.6. The fourth-order valence-electron chi connectivity index (χ4n) is 6.51. The fraction of sp³-hybridized carbons (Fsp3) is 0.429. The van der Waals surface area contributed by atoms with Gasteiger partial charge in [0, 0.05) is 13.1 Å². The number of benzene rings is 4. The van der Waals surface area contributed by atoms with Crippen LogP contribution in [0.5, 0.6) is 0 Å². The van der Waals surface area contributed by atoms with Crippen LogP contribution in [0.15, 0.2) is 121 Å². The number of piperidine rings is 1. The number of likely N-dealkylation sites (tertiary alicyclic amines) is 1. The molecule has 0 radical (unpaired) electrons. The zero-order valence-electron chi connectivity index (χ0n) is 28.3. The number of unbranched alkanes of at least 4 members (excludes halogenated alkanes) is 1. The molecule has 1 unspecified atom stereocenters. The largest absolute Gasteiger partial charge is 0.375 e. The molecule has 0 saturated carbocycles. The van der Waals surface area contributed by atoms with Crippen molar-refractivity contribution in [3.63, 3.8) is 0 Å². The van der Waals surface area contributed by atoms with Crippen molar-refractivity contribution in [2.45, 2.75) is 90.3 Å². The van der Waals surface area contributed by atoms with Gasteiger partial charge in [-0.1, -0.05) is 154 Å². The lowest BCUT2D eigenvalue weighted by Gasteiger charge is -2.49. The van der Waals surface area contributed by atoms with E-state index in [9.17, 15) is 0 Å². The number of rotatable bonds is 19. The van der Waals surface area contributed by atoms with E-state index in [0.717, 1.165) is 36.2 Å². The van der Waals surface area contributed by atoms with Crippen molar-refractivity contribution in [3.05, 3.63) is 144 Å². The Labute approximate surface area is 282 Å². The summed E-state index contributed by atoms with van der Waals surface area (Å²) in [6, 6.07) is 41.7. The smallest absolute Gasteiger partial charge is 0.113 e. The maximum atomic E-state index is 6.97. The van der Waals surface area contributed by atoms with Crippen LogP contribution in [0.4, 0.5) is 0 Å². The predicted octanol–water partition coefficient (Wildman–Crippen LogP) is 8.86. The second-order valence-corrected chi connectivity index (χ2v) is 12.8. The van der Waals surface area contributed by atoms with E-state index in [2.05, 4.69) is 116 Å². The molecule has 0 N–H and O–H groups in total. The second kappa shape index (κ2) is 19.5. The molecule has 47 heavy (non-hydrogen) atoms. The van der Waals surface area contributed by atoms with Crippen LogP contribution in [0, 0.1) is 5.92 Å². The molecule has 4 aromatic rings. The van der Waals surface area contributed by atoms with Gasteiger partial charge in [-0.25, -0.2) is 0 Å². The highest BCUT2D eigenvalue weighted by Crippen LogP contribution is 2.31. The molecule has 0 amide bonds. The minimum Gasteiger partial charge on any atom is -0.375 e. The van der Waals surface area contributed by atoms with Gasteiger partial charge in [-0.3, -0.25) is 4.90 Å². The Kier molecular flexibility index (Phi) is 14.5. The van der Waals surface area contributed by atoms with Crippen LogP contribution in [-0.2, 0) is 45.4 Å². The standard InChI is InChI=1S/C42H53NO4/c1-3-5-18-34(4-2)27-43-28-40(45-30-36-21-12-7-13-22-36)42(47-32-38-25-16-9-17-26-38)41(46-31-37-23-14-8-15-24-37)39(43)33-44-29-35-19-10-6-11-20-35/h6-17,19-26,34,39-42H,3-5,18,27-33H2,1-2H3/t34?,39-,40-,41+,42+/m0/s1. The molecule has 5 heteroatoms. The molecule has 4 aromatic carbocycles. The highest BCUT2D eigenvalue weighted by molar-refractivity contribution is 5.16. The van der Waals surface area contributed by atoms with Gasteiger partial charge in [0.25, 0.3) is 0 Å². The van der Waals surface area contributed by atoms with E-state index in [0.29, 0.717) is 39.0 Å². The van der Waals surface area contributed by atoms with Crippen LogP contribution in [-0.4, -0.2) is 49.0 Å². The number of ether oxygens (including phenoxy) is 4. The van der Waals surface area contributed by atoms with Gasteiger partial charge < -0.3 is 18.9 Å². The Morgan fingerprint density at radius 2 is 1.06 bits per heavy atom. The SMILES string of the molecule is CCCCC(CC)CN1C[C@H](OCc2ccccc2)[C@@H](OCc2ccccc2)[C@H](OCc2ccccc2)[C@@H]1COCc1ccccc1. The number of hydrogen-bond acceptors (Lipinski definition) is 5. The average molecular weight is 636 g/mol. The average Bonchev–Trinajstić information content (AvgIpc) is 3.13. The van der Waals surface area contributed by atoms with E-state index in [1.54, 1.807) is 0 Å². The molecule has 0 aromatic heterocycles. The van der Waals surface area contributed by atoms with Gasteiger partial charge in [-0.05, 0) is 34.6 Å². The summed E-state index contributed by atoms with van der Waals surface area (Å²) in [7, 11) is 0. The van der Waals surface area contributed by atoms with E-state index in [4.69, 9.17) is 18.9 Å². The summed E-state index contributed by atoms with van der Waals surface area (Å²) in [5, 5.41) is 0. The maximum Gasteiger partial charge on any atom is 0.113 e. The Hall–Kier alpha value is -3.32. The van der Waals surface area contributed by atoms with Crippen LogP contribution >= 0.6 is 0 Å². The van der Waals surface area contributed by atoms with Gasteiger partial charge in [0.15, 0.2) is 0 Å². The summed E-state index contributed by atoms with van der Waals surface area (Å²) in [4.78, 5) is 2.60. The van der Waals surface area contributed by atoms with E-state index < -0.39 is 0 Å². The van der Waals surface area contributed by atoms with Crippen molar-refractivity contribution in [3.8, 4) is 0 Å². The highest BCUT2D eigenvalue weighted by Gasteiger charge is 2.46. The minimum absolute atomic E-state index is 0.00968. The third-order valence-corrected chi connectivity index (χ3v) is 9.27. The van der Waals surface area contributed by atoms with E-state index >= 15 is 0 Å². The lowest BCUT2D eigenvalue weighted by atomic mass is 9.90. The van der Waals surface area contributed by atoms with Crippen LogP contribution in [0.25, 0.3) is 0 Å². The molecular formula is C42H53NO4. The zero-order valence-corrected chi connectivity index (χ0v) is 28.3. The van der Waals surface area contributed by atoms with Crippen molar-refractivity contribution >= 4 is 0 Å². The first kappa shape index (κ1) is 35.0. The quantitative estimate of drug-likeness (QED) is 0.103. The van der Waals surface area contributed by atoms with Crippen molar-refractivity contribution in [2.24, 2.45) is 5.92 Å². The molecule has 0 spiro atoms. The highest BCUT2D eigenvalue weighted by atomic mass is 16.6. The number of hydrogen-bond donors (Lipinski definition) is 0. The summed E-state index contributed by atoms with van der Waals surface area (Å²) < 4.78 is 27.2. The van der Waals surface area contributed by atoms with Gasteiger partial charge in [-0.15, -0.1) is 0 Å². The molecule has 250 valence electrons. The zero-order chi connectivity index (χ0) is 32.5. The monoisotopic (exact) mass is 635 g/mol. The third-order valence-electron chi connectivity index (χ3n) is 9.27. The summed E-state index contributed by atoms with van der Waals surface area (Å²) in [5.74, 6) is 0.595. The van der Waals surface area contributed by atoms with Crippen LogP contribution in [0.2, 0.25) is 0 Å². The molecule has 1 aliphatic heterocycles. The Morgan fingerprint density at radius 1 is 0.596 bits per heavy atom. The molecular weight excluding hydrogens is 582 g/mol. The minimum atomic E-state index is -0.278. The van der Waals surface area contributed by atoms with Gasteiger partial charge in [0.05, 0.1) is 45.2 Å². The molecule has 0 aliphatic carbocycles. The molecule has 5 atom stereocenters. The third kappa shape index (κ3) is 11.1. The Balaban J connectivity index is 1.45. The molecule has 1 fully saturated rings. The molecule has 1 heterocycles. The first-order chi connectivity index (χ1) is 23.2. The van der Waals surface area contributed by atoms with Crippen molar-refractivity contribution < 1.29 is 18.9 Å². The van der Waals surface area contributed by atoms with Crippen molar-refractivity contribution in [1.29, 1.82) is 0 Å². The topological polar surface area (TPSA) is 40.2 Å². The van der Waals surface area contributed by atoms with Crippen LogP contribution in [0.1, 0.15) is 61.8 Å². The molecule has 1 saturated heterocycles. The van der Waals surface area contributed by atoms with E-state index in [-0.39, 0.29) is 24.4 Å². The lowest BCUT2D eigenvalue weighted by Crippen LogP contribution is -2.65. The predicted molar refractivity (Wildman–Crippen MR) is 190 cm³/mol. The van der Waals surface area contributed by atoms with Crippen molar-refractivity contribution in [2.75, 3.05) is 19.7 Å². The van der Waals surface area contributed by atoms with Gasteiger partial charge >= 0.3 is 0 Å². The lowest BCUT2D eigenvalue weighted by molar-refractivity contribution is -0.212. The van der Waals surface area contributed by atoms with E-state index in [1.807, 2.05) is 24.3 Å². The molecule has 1 aliphatic rings.